The second-order valence-electron chi connectivity index (χ2n) is 4.95. The first kappa shape index (κ1) is 14.6. The van der Waals surface area contributed by atoms with Gasteiger partial charge in [0.15, 0.2) is 17.3 Å². The zero-order chi connectivity index (χ0) is 16.4. The van der Waals surface area contributed by atoms with Crippen LogP contribution in [0.3, 0.4) is 0 Å². The Hall–Kier alpha value is -3.33. The van der Waals surface area contributed by atoms with Crippen LogP contribution in [0.4, 0.5) is 5.69 Å². The van der Waals surface area contributed by atoms with Crippen LogP contribution in [-0.2, 0) is 0 Å². The van der Waals surface area contributed by atoms with E-state index in [1.165, 1.54) is 6.92 Å². The Morgan fingerprint density at radius 1 is 1.13 bits per heavy atom. The first-order valence-electron chi connectivity index (χ1n) is 6.84. The summed E-state index contributed by atoms with van der Waals surface area (Å²) >= 11 is 0. The highest BCUT2D eigenvalue weighted by Gasteiger charge is 2.20. The molecule has 1 aliphatic heterocycles. The molecule has 1 heterocycles. The van der Waals surface area contributed by atoms with Gasteiger partial charge in [0, 0.05) is 17.2 Å². The number of amides is 1. The standard InChI is InChI=1S/C17H12N2O4/c1-10(20)13-6-15-16(23-9-22-15)7-14(13)19-17(21)12-4-2-11(8-18)3-5-12/h2-7H,9H2,1H3,(H,19,21). The topological polar surface area (TPSA) is 88.4 Å². The van der Waals surface area contributed by atoms with E-state index in [9.17, 15) is 9.59 Å². The molecule has 2 aromatic carbocycles. The van der Waals surface area contributed by atoms with Crippen LogP contribution in [-0.4, -0.2) is 18.5 Å². The number of nitrogens with one attached hydrogen (secondary N) is 1. The molecule has 0 aliphatic carbocycles. The van der Waals surface area contributed by atoms with E-state index in [2.05, 4.69) is 5.32 Å². The van der Waals surface area contributed by atoms with Crippen molar-refractivity contribution < 1.29 is 19.1 Å². The molecule has 0 unspecified atom stereocenters. The van der Waals surface area contributed by atoms with E-state index in [0.29, 0.717) is 33.9 Å². The molecular formula is C17H12N2O4. The van der Waals surface area contributed by atoms with E-state index >= 15 is 0 Å². The lowest BCUT2D eigenvalue weighted by molar-refractivity contribution is 0.101. The van der Waals surface area contributed by atoms with Crippen LogP contribution < -0.4 is 14.8 Å². The van der Waals surface area contributed by atoms with E-state index in [1.54, 1.807) is 36.4 Å². The van der Waals surface area contributed by atoms with Crippen molar-refractivity contribution in [2.24, 2.45) is 0 Å². The molecule has 0 spiro atoms. The van der Waals surface area contributed by atoms with Crippen LogP contribution in [0.25, 0.3) is 0 Å². The van der Waals surface area contributed by atoms with Crippen molar-refractivity contribution in [1.82, 2.24) is 0 Å². The number of nitriles is 1. The predicted octanol–water partition coefficient (Wildman–Crippen LogP) is 2.74. The molecule has 114 valence electrons. The normalized spacial score (nSPS) is 11.7. The van der Waals surface area contributed by atoms with Gasteiger partial charge in [-0.3, -0.25) is 9.59 Å². The number of carbonyl (C=O) groups is 2. The molecule has 2 aromatic rings. The van der Waals surface area contributed by atoms with Crippen molar-refractivity contribution in [2.75, 3.05) is 12.1 Å². The Bertz CT molecular complexity index is 835. The average molecular weight is 308 g/mol. The van der Waals surface area contributed by atoms with Gasteiger partial charge in [-0.25, -0.2) is 0 Å². The summed E-state index contributed by atoms with van der Waals surface area (Å²) < 4.78 is 10.5. The maximum Gasteiger partial charge on any atom is 0.255 e. The molecule has 0 bridgehead atoms. The minimum Gasteiger partial charge on any atom is -0.454 e. The maximum absolute atomic E-state index is 12.3. The molecule has 23 heavy (non-hydrogen) atoms. The summed E-state index contributed by atoms with van der Waals surface area (Å²) in [6.45, 7) is 1.49. The van der Waals surface area contributed by atoms with E-state index in [1.807, 2.05) is 6.07 Å². The summed E-state index contributed by atoms with van der Waals surface area (Å²) in [5.41, 5.74) is 1.55. The van der Waals surface area contributed by atoms with Crippen molar-refractivity contribution in [3.8, 4) is 17.6 Å². The van der Waals surface area contributed by atoms with Crippen LogP contribution in [0, 0.1) is 11.3 Å². The molecular weight excluding hydrogens is 296 g/mol. The van der Waals surface area contributed by atoms with Crippen LogP contribution in [0.5, 0.6) is 11.5 Å². The molecule has 1 amide bonds. The first-order valence-corrected chi connectivity index (χ1v) is 6.84. The van der Waals surface area contributed by atoms with E-state index in [0.717, 1.165) is 0 Å². The second kappa shape index (κ2) is 5.81. The molecule has 0 atom stereocenters. The zero-order valence-corrected chi connectivity index (χ0v) is 12.3. The highest BCUT2D eigenvalue weighted by Crippen LogP contribution is 2.37. The third-order valence-electron chi connectivity index (χ3n) is 3.42. The van der Waals surface area contributed by atoms with Crippen molar-refractivity contribution in [3.05, 3.63) is 53.1 Å². The number of fused-ring (bicyclic) bond motifs is 1. The lowest BCUT2D eigenvalue weighted by Crippen LogP contribution is -2.14. The van der Waals surface area contributed by atoms with Crippen LogP contribution >= 0.6 is 0 Å². The Morgan fingerprint density at radius 2 is 1.78 bits per heavy atom. The van der Waals surface area contributed by atoms with Gasteiger partial charge in [0.05, 0.1) is 17.3 Å². The van der Waals surface area contributed by atoms with E-state index in [-0.39, 0.29) is 18.5 Å². The smallest absolute Gasteiger partial charge is 0.255 e. The van der Waals surface area contributed by atoms with Gasteiger partial charge in [-0.2, -0.15) is 5.26 Å². The maximum atomic E-state index is 12.3. The molecule has 6 heteroatoms. The number of rotatable bonds is 3. The molecule has 0 saturated carbocycles. The third kappa shape index (κ3) is 2.85. The number of carbonyl (C=O) groups excluding carboxylic acids is 2. The van der Waals surface area contributed by atoms with Gasteiger partial charge in [-0.1, -0.05) is 0 Å². The highest BCUT2D eigenvalue weighted by molar-refractivity contribution is 6.09. The number of anilines is 1. The zero-order valence-electron chi connectivity index (χ0n) is 12.3. The Kier molecular flexibility index (Phi) is 3.69. The first-order chi connectivity index (χ1) is 11.1. The van der Waals surface area contributed by atoms with Crippen molar-refractivity contribution in [2.45, 2.75) is 6.92 Å². The number of benzene rings is 2. The molecule has 1 N–H and O–H groups in total. The third-order valence-corrected chi connectivity index (χ3v) is 3.42. The monoisotopic (exact) mass is 308 g/mol. The molecule has 1 aliphatic rings. The number of hydrogen-bond donors (Lipinski definition) is 1. The summed E-state index contributed by atoms with van der Waals surface area (Å²) in [6.07, 6.45) is 0. The van der Waals surface area contributed by atoms with Gasteiger partial charge in [0.25, 0.3) is 5.91 Å². The van der Waals surface area contributed by atoms with E-state index in [4.69, 9.17) is 14.7 Å². The second-order valence-corrected chi connectivity index (χ2v) is 4.95. The molecule has 0 saturated heterocycles. The van der Waals surface area contributed by atoms with Gasteiger partial charge in [0.2, 0.25) is 6.79 Å². The number of Topliss-reactive ketones (excluding diaryl/α,β-unsaturated/α-hetero) is 1. The number of hydrogen-bond acceptors (Lipinski definition) is 5. The molecule has 0 fully saturated rings. The Balaban J connectivity index is 1.91. The average Bonchev–Trinajstić information content (AvgIpc) is 3.01. The van der Waals surface area contributed by atoms with Gasteiger partial charge in [-0.15, -0.1) is 0 Å². The molecule has 0 radical (unpaired) electrons. The number of ketones is 1. The van der Waals surface area contributed by atoms with Crippen LogP contribution in [0.15, 0.2) is 36.4 Å². The lowest BCUT2D eigenvalue weighted by Gasteiger charge is -2.10. The summed E-state index contributed by atoms with van der Waals surface area (Å²) in [5.74, 6) is 0.381. The minimum absolute atomic E-state index is 0.0830. The highest BCUT2D eigenvalue weighted by atomic mass is 16.7. The van der Waals surface area contributed by atoms with Crippen molar-refractivity contribution in [1.29, 1.82) is 5.26 Å². The van der Waals surface area contributed by atoms with Gasteiger partial charge < -0.3 is 14.8 Å². The number of nitrogens with zero attached hydrogens (tertiary/aromatic N) is 1. The Labute approximate surface area is 132 Å². The fourth-order valence-electron chi connectivity index (χ4n) is 2.23. The van der Waals surface area contributed by atoms with Crippen LogP contribution in [0.1, 0.15) is 33.2 Å². The van der Waals surface area contributed by atoms with Gasteiger partial charge in [0.1, 0.15) is 0 Å². The predicted molar refractivity (Wildman–Crippen MR) is 81.7 cm³/mol. The fraction of sp³-hybridized carbons (Fsp3) is 0.118. The molecule has 0 aromatic heterocycles. The molecule has 3 rings (SSSR count). The summed E-state index contributed by atoms with van der Waals surface area (Å²) in [5, 5.41) is 11.5. The Morgan fingerprint density at radius 3 is 2.39 bits per heavy atom. The van der Waals surface area contributed by atoms with Crippen molar-refractivity contribution >= 4 is 17.4 Å². The van der Waals surface area contributed by atoms with Crippen LogP contribution in [0.2, 0.25) is 0 Å². The summed E-state index contributed by atoms with van der Waals surface area (Å²) in [6, 6.07) is 11.3. The van der Waals surface area contributed by atoms with Crippen molar-refractivity contribution in [3.63, 3.8) is 0 Å². The summed E-state index contributed by atoms with van der Waals surface area (Å²) in [4.78, 5) is 24.1. The van der Waals surface area contributed by atoms with E-state index < -0.39 is 0 Å². The molecule has 6 nitrogen and oxygen atoms in total. The fourth-order valence-corrected chi connectivity index (χ4v) is 2.23. The van der Waals surface area contributed by atoms with Gasteiger partial charge in [-0.05, 0) is 37.3 Å². The minimum atomic E-state index is -0.379. The largest absolute Gasteiger partial charge is 0.454 e. The SMILES string of the molecule is CC(=O)c1cc2c(cc1NC(=O)c1ccc(C#N)cc1)OCO2. The number of ether oxygens (including phenoxy) is 2. The lowest BCUT2D eigenvalue weighted by atomic mass is 10.1. The summed E-state index contributed by atoms with van der Waals surface area (Å²) in [7, 11) is 0. The quantitative estimate of drug-likeness (QED) is 0.881. The van der Waals surface area contributed by atoms with Gasteiger partial charge >= 0.3 is 0 Å².